The summed E-state index contributed by atoms with van der Waals surface area (Å²) in [6.07, 6.45) is 1.87. The summed E-state index contributed by atoms with van der Waals surface area (Å²) in [6, 6.07) is 5.46. The highest BCUT2D eigenvalue weighted by Gasteiger charge is 2.32. The van der Waals surface area contributed by atoms with Gasteiger partial charge in [0, 0.05) is 13.0 Å². The van der Waals surface area contributed by atoms with E-state index in [1.54, 1.807) is 19.1 Å². The summed E-state index contributed by atoms with van der Waals surface area (Å²) in [5.41, 5.74) is 0.814. The van der Waals surface area contributed by atoms with Crippen molar-refractivity contribution in [2.24, 2.45) is 0 Å². The van der Waals surface area contributed by atoms with Gasteiger partial charge in [0.2, 0.25) is 17.8 Å². The predicted molar refractivity (Wildman–Crippen MR) is 110 cm³/mol. The molecule has 11 heteroatoms. The Labute approximate surface area is 173 Å². The fourth-order valence-electron chi connectivity index (χ4n) is 2.59. The van der Waals surface area contributed by atoms with E-state index in [-0.39, 0.29) is 31.6 Å². The first-order chi connectivity index (χ1) is 13.5. The number of nitrogens with one attached hydrogen (secondary N) is 1. The first kappa shape index (κ1) is 18.8. The Balaban J connectivity index is 1.39. The van der Waals surface area contributed by atoms with Gasteiger partial charge in [-0.1, -0.05) is 41.4 Å². The minimum absolute atomic E-state index is 0.113. The van der Waals surface area contributed by atoms with Crippen LogP contribution in [0.2, 0.25) is 0 Å². The number of fused-ring (bicyclic) bond motifs is 1. The van der Waals surface area contributed by atoms with Crippen LogP contribution in [0, 0.1) is 6.92 Å². The van der Waals surface area contributed by atoms with Gasteiger partial charge in [-0.05, 0) is 30.7 Å². The van der Waals surface area contributed by atoms with Gasteiger partial charge >= 0.3 is 0 Å². The van der Waals surface area contributed by atoms with Crippen LogP contribution in [0.15, 0.2) is 23.1 Å². The second-order valence-corrected chi connectivity index (χ2v) is 8.73. The van der Waals surface area contributed by atoms with Crippen LogP contribution in [0.5, 0.6) is 11.5 Å². The van der Waals surface area contributed by atoms with Crippen molar-refractivity contribution in [1.29, 1.82) is 0 Å². The number of amides is 2. The van der Waals surface area contributed by atoms with Crippen LogP contribution in [-0.4, -0.2) is 44.6 Å². The lowest BCUT2D eigenvalue weighted by atomic mass is 10.2. The molecule has 0 saturated carbocycles. The third-order valence-corrected chi connectivity index (χ3v) is 6.03. The van der Waals surface area contributed by atoms with Crippen LogP contribution in [0.4, 0.5) is 5.13 Å². The monoisotopic (exact) mass is 434 g/mol. The zero-order valence-corrected chi connectivity index (χ0v) is 17.1. The standard InChI is InChI=1S/C17H14N4O4S3/c1-9-19-20-16(27-9)18-14(22)4-5-21-15(23)13(28-17(21)26)7-10-2-3-11-12(6-10)25-8-24-11/h2-3,6-7H,4-5,8H2,1H3,(H,18,20,22)/b13-7-. The van der Waals surface area contributed by atoms with Gasteiger partial charge in [-0.15, -0.1) is 10.2 Å². The van der Waals surface area contributed by atoms with Gasteiger partial charge in [0.05, 0.1) is 4.91 Å². The van der Waals surface area contributed by atoms with Crippen molar-refractivity contribution < 1.29 is 19.1 Å². The molecule has 2 aromatic rings. The Hall–Kier alpha value is -2.50. The summed E-state index contributed by atoms with van der Waals surface area (Å²) in [5, 5.41) is 11.6. The van der Waals surface area contributed by atoms with E-state index >= 15 is 0 Å². The highest BCUT2D eigenvalue weighted by molar-refractivity contribution is 8.26. The third-order valence-electron chi connectivity index (χ3n) is 3.90. The van der Waals surface area contributed by atoms with Gasteiger partial charge in [-0.3, -0.25) is 14.5 Å². The number of hydrogen-bond donors (Lipinski definition) is 1. The number of rotatable bonds is 5. The van der Waals surface area contributed by atoms with E-state index in [0.29, 0.717) is 25.9 Å². The van der Waals surface area contributed by atoms with E-state index in [1.807, 2.05) is 12.1 Å². The minimum Gasteiger partial charge on any atom is -0.454 e. The lowest BCUT2D eigenvalue weighted by molar-refractivity contribution is -0.122. The number of anilines is 1. The van der Waals surface area contributed by atoms with E-state index in [2.05, 4.69) is 15.5 Å². The third kappa shape index (κ3) is 4.01. The molecule has 0 radical (unpaired) electrons. The fourth-order valence-corrected chi connectivity index (χ4v) is 4.51. The summed E-state index contributed by atoms with van der Waals surface area (Å²) in [6.45, 7) is 2.20. The number of nitrogens with zero attached hydrogens (tertiary/aromatic N) is 3. The maximum atomic E-state index is 12.7. The Morgan fingerprint density at radius 3 is 2.96 bits per heavy atom. The molecule has 4 rings (SSSR count). The zero-order chi connectivity index (χ0) is 19.7. The molecule has 0 bridgehead atoms. The van der Waals surface area contributed by atoms with Gasteiger partial charge in [0.15, 0.2) is 11.5 Å². The van der Waals surface area contributed by atoms with E-state index in [0.717, 1.165) is 10.6 Å². The highest BCUT2D eigenvalue weighted by Crippen LogP contribution is 2.36. The average molecular weight is 435 g/mol. The van der Waals surface area contributed by atoms with Crippen molar-refractivity contribution in [3.63, 3.8) is 0 Å². The van der Waals surface area contributed by atoms with Crippen molar-refractivity contribution in [3.05, 3.63) is 33.7 Å². The smallest absolute Gasteiger partial charge is 0.266 e. The molecule has 0 unspecified atom stereocenters. The molecule has 1 N–H and O–H groups in total. The molecule has 2 aliphatic heterocycles. The molecular formula is C17H14N4O4S3. The number of aryl methyl sites for hydroxylation is 1. The zero-order valence-electron chi connectivity index (χ0n) is 14.6. The van der Waals surface area contributed by atoms with Crippen molar-refractivity contribution in [2.75, 3.05) is 18.7 Å². The number of aromatic nitrogens is 2. The minimum atomic E-state index is -0.245. The second-order valence-electron chi connectivity index (χ2n) is 5.87. The number of hydrogen-bond acceptors (Lipinski definition) is 9. The normalized spacial score (nSPS) is 16.9. The number of benzene rings is 1. The largest absolute Gasteiger partial charge is 0.454 e. The van der Waals surface area contributed by atoms with Crippen molar-refractivity contribution in [3.8, 4) is 11.5 Å². The van der Waals surface area contributed by atoms with Gasteiger partial charge < -0.3 is 14.8 Å². The van der Waals surface area contributed by atoms with E-state index in [1.165, 1.54) is 28.0 Å². The molecule has 1 aromatic carbocycles. The Morgan fingerprint density at radius 1 is 1.36 bits per heavy atom. The molecule has 0 atom stereocenters. The lowest BCUT2D eigenvalue weighted by Crippen LogP contribution is -2.31. The van der Waals surface area contributed by atoms with Crippen LogP contribution in [-0.2, 0) is 9.59 Å². The van der Waals surface area contributed by atoms with E-state index in [4.69, 9.17) is 21.7 Å². The first-order valence-electron chi connectivity index (χ1n) is 8.24. The molecule has 1 saturated heterocycles. The number of thioether (sulfide) groups is 1. The molecule has 28 heavy (non-hydrogen) atoms. The van der Waals surface area contributed by atoms with Gasteiger partial charge in [0.1, 0.15) is 9.33 Å². The average Bonchev–Trinajstić information content (AvgIpc) is 3.34. The maximum absolute atomic E-state index is 12.7. The highest BCUT2D eigenvalue weighted by atomic mass is 32.2. The Morgan fingerprint density at radius 2 is 2.18 bits per heavy atom. The molecule has 0 spiro atoms. The summed E-state index contributed by atoms with van der Waals surface area (Å²) < 4.78 is 11.1. The molecule has 8 nitrogen and oxygen atoms in total. The maximum Gasteiger partial charge on any atom is 0.266 e. The van der Waals surface area contributed by atoms with Crippen LogP contribution >= 0.6 is 35.3 Å². The molecule has 0 aliphatic carbocycles. The molecule has 1 aromatic heterocycles. The summed E-state index contributed by atoms with van der Waals surface area (Å²) >= 11 is 7.81. The van der Waals surface area contributed by atoms with Crippen LogP contribution in [0.25, 0.3) is 6.08 Å². The van der Waals surface area contributed by atoms with Gasteiger partial charge in [-0.2, -0.15) is 0 Å². The number of thiocarbonyl (C=S) groups is 1. The van der Waals surface area contributed by atoms with Crippen molar-refractivity contribution in [2.45, 2.75) is 13.3 Å². The Bertz CT molecular complexity index is 1000. The summed E-state index contributed by atoms with van der Waals surface area (Å²) in [7, 11) is 0. The van der Waals surface area contributed by atoms with Crippen molar-refractivity contribution >= 4 is 62.7 Å². The van der Waals surface area contributed by atoms with Gasteiger partial charge in [0.25, 0.3) is 5.91 Å². The van der Waals surface area contributed by atoms with Gasteiger partial charge in [-0.25, -0.2) is 0 Å². The quantitative estimate of drug-likeness (QED) is 0.567. The van der Waals surface area contributed by atoms with Crippen LogP contribution in [0.3, 0.4) is 0 Å². The first-order valence-corrected chi connectivity index (χ1v) is 10.3. The second kappa shape index (κ2) is 7.86. The topological polar surface area (TPSA) is 93.7 Å². The van der Waals surface area contributed by atoms with E-state index < -0.39 is 0 Å². The molecule has 3 heterocycles. The molecule has 144 valence electrons. The predicted octanol–water partition coefficient (Wildman–Crippen LogP) is 2.81. The Kier molecular flexibility index (Phi) is 5.29. The SMILES string of the molecule is Cc1nnc(NC(=O)CCN2C(=O)/C(=C/c3ccc4c(c3)OCO4)SC2=S)s1. The molecule has 2 amide bonds. The summed E-state index contributed by atoms with van der Waals surface area (Å²) in [4.78, 5) is 26.7. The fraction of sp³-hybridized carbons (Fsp3) is 0.235. The lowest BCUT2D eigenvalue weighted by Gasteiger charge is -2.13. The van der Waals surface area contributed by atoms with Crippen LogP contribution in [0.1, 0.15) is 17.0 Å². The van der Waals surface area contributed by atoms with Crippen LogP contribution < -0.4 is 14.8 Å². The molecule has 1 fully saturated rings. The molecule has 2 aliphatic rings. The summed E-state index contributed by atoms with van der Waals surface area (Å²) in [5.74, 6) is 0.867. The number of ether oxygens (including phenoxy) is 2. The van der Waals surface area contributed by atoms with E-state index in [9.17, 15) is 9.59 Å². The number of carbonyl (C=O) groups excluding carboxylic acids is 2. The molecular weight excluding hydrogens is 420 g/mol. The van der Waals surface area contributed by atoms with Crippen molar-refractivity contribution in [1.82, 2.24) is 15.1 Å². The number of carbonyl (C=O) groups is 2.